The third-order valence-electron chi connectivity index (χ3n) is 5.47. The number of hydrogen-bond donors (Lipinski definition) is 1. The van der Waals surface area contributed by atoms with Crippen molar-refractivity contribution in [3.8, 4) is 0 Å². The maximum absolute atomic E-state index is 12.7. The molecule has 2 aliphatic rings. The Morgan fingerprint density at radius 3 is 2.81 bits per heavy atom. The number of piperidine rings is 1. The van der Waals surface area contributed by atoms with Crippen LogP contribution in [0, 0.1) is 0 Å². The van der Waals surface area contributed by atoms with Crippen LogP contribution in [0.5, 0.6) is 0 Å². The molecule has 2 aromatic rings. The molecule has 138 valence electrons. The Labute approximate surface area is 153 Å². The highest BCUT2D eigenvalue weighted by atomic mass is 16.5. The van der Waals surface area contributed by atoms with Crippen LogP contribution in [-0.2, 0) is 4.74 Å². The number of benzene rings is 1. The van der Waals surface area contributed by atoms with Crippen LogP contribution in [0.2, 0.25) is 0 Å². The predicted octanol–water partition coefficient (Wildman–Crippen LogP) is 2.92. The second-order valence-corrected chi connectivity index (χ2v) is 7.30. The van der Waals surface area contributed by atoms with Crippen molar-refractivity contribution >= 4 is 22.5 Å². The zero-order valence-corrected chi connectivity index (χ0v) is 15.3. The van der Waals surface area contributed by atoms with Gasteiger partial charge in [0, 0.05) is 36.5 Å². The number of ether oxygens (including phenoxy) is 1. The van der Waals surface area contributed by atoms with Gasteiger partial charge < -0.3 is 15.0 Å². The van der Waals surface area contributed by atoms with Crippen molar-refractivity contribution in [3.63, 3.8) is 0 Å². The molecule has 0 aliphatic carbocycles. The average molecular weight is 354 g/mol. The molecule has 6 heteroatoms. The van der Waals surface area contributed by atoms with Gasteiger partial charge in [0.25, 0.3) is 5.91 Å². The normalized spacial score (nSPS) is 23.3. The van der Waals surface area contributed by atoms with Gasteiger partial charge in [-0.05, 0) is 39.0 Å². The van der Waals surface area contributed by atoms with Crippen LogP contribution in [0.1, 0.15) is 49.5 Å². The first-order chi connectivity index (χ1) is 12.7. The summed E-state index contributed by atoms with van der Waals surface area (Å²) in [7, 11) is 0. The van der Waals surface area contributed by atoms with Gasteiger partial charge in [0.15, 0.2) is 11.5 Å². The van der Waals surface area contributed by atoms with E-state index in [0.717, 1.165) is 42.6 Å². The Morgan fingerprint density at radius 1 is 1.19 bits per heavy atom. The van der Waals surface area contributed by atoms with Gasteiger partial charge >= 0.3 is 0 Å². The van der Waals surface area contributed by atoms with Crippen LogP contribution in [0.25, 0.3) is 10.8 Å². The lowest BCUT2D eigenvalue weighted by atomic mass is 10.0. The summed E-state index contributed by atoms with van der Waals surface area (Å²) >= 11 is 0. The third kappa shape index (κ3) is 3.38. The van der Waals surface area contributed by atoms with Gasteiger partial charge in [-0.2, -0.15) is 0 Å². The number of rotatable bonds is 4. The molecule has 0 bridgehead atoms. The fourth-order valence-electron chi connectivity index (χ4n) is 3.98. The molecule has 2 saturated heterocycles. The van der Waals surface area contributed by atoms with Crippen LogP contribution < -0.4 is 10.2 Å². The van der Waals surface area contributed by atoms with Gasteiger partial charge in [-0.25, -0.2) is 0 Å². The van der Waals surface area contributed by atoms with Crippen molar-refractivity contribution in [2.75, 3.05) is 24.6 Å². The molecule has 1 N–H and O–H groups in total. The Bertz CT molecular complexity index is 788. The van der Waals surface area contributed by atoms with E-state index in [1.807, 2.05) is 24.3 Å². The minimum absolute atomic E-state index is 0.117. The van der Waals surface area contributed by atoms with Crippen molar-refractivity contribution in [2.45, 2.75) is 51.2 Å². The highest BCUT2D eigenvalue weighted by Gasteiger charge is 2.24. The van der Waals surface area contributed by atoms with Crippen molar-refractivity contribution in [1.82, 2.24) is 15.5 Å². The smallest absolute Gasteiger partial charge is 0.272 e. The largest absolute Gasteiger partial charge is 0.376 e. The van der Waals surface area contributed by atoms with Gasteiger partial charge in [0.2, 0.25) is 0 Å². The monoisotopic (exact) mass is 354 g/mol. The number of hydrogen-bond acceptors (Lipinski definition) is 5. The van der Waals surface area contributed by atoms with Crippen molar-refractivity contribution in [2.24, 2.45) is 0 Å². The number of anilines is 1. The summed E-state index contributed by atoms with van der Waals surface area (Å²) in [5.74, 6) is 0.714. The second kappa shape index (κ2) is 7.58. The lowest BCUT2D eigenvalue weighted by Gasteiger charge is -2.34. The molecule has 3 heterocycles. The van der Waals surface area contributed by atoms with E-state index in [9.17, 15) is 4.79 Å². The quantitative estimate of drug-likeness (QED) is 0.914. The van der Waals surface area contributed by atoms with Crippen LogP contribution in [0.15, 0.2) is 24.3 Å². The predicted molar refractivity (Wildman–Crippen MR) is 102 cm³/mol. The molecule has 2 fully saturated rings. The highest BCUT2D eigenvalue weighted by Crippen LogP contribution is 2.30. The topological polar surface area (TPSA) is 67.4 Å². The Balaban J connectivity index is 1.62. The highest BCUT2D eigenvalue weighted by molar-refractivity contribution is 6.07. The number of carbonyl (C=O) groups excluding carboxylic acids is 1. The first kappa shape index (κ1) is 17.2. The maximum atomic E-state index is 12.7. The van der Waals surface area contributed by atoms with E-state index in [0.29, 0.717) is 18.3 Å². The van der Waals surface area contributed by atoms with E-state index in [4.69, 9.17) is 4.74 Å². The van der Waals surface area contributed by atoms with Gasteiger partial charge in [-0.15, -0.1) is 10.2 Å². The molecule has 1 aromatic heterocycles. The Kier molecular flexibility index (Phi) is 5.02. The molecule has 4 rings (SSSR count). The first-order valence-corrected chi connectivity index (χ1v) is 9.66. The van der Waals surface area contributed by atoms with Gasteiger partial charge in [0.1, 0.15) is 0 Å². The summed E-state index contributed by atoms with van der Waals surface area (Å²) in [6.07, 6.45) is 5.77. The molecular formula is C20H26N4O2. The SMILES string of the molecule is CC1CCCCN1c1nnc(C(=O)NCC2CCCO2)c2ccccc12. The van der Waals surface area contributed by atoms with Crippen molar-refractivity contribution < 1.29 is 9.53 Å². The fourth-order valence-corrected chi connectivity index (χ4v) is 3.98. The fraction of sp³-hybridized carbons (Fsp3) is 0.550. The van der Waals surface area contributed by atoms with Crippen molar-refractivity contribution in [1.29, 1.82) is 0 Å². The Morgan fingerprint density at radius 2 is 2.04 bits per heavy atom. The summed E-state index contributed by atoms with van der Waals surface area (Å²) in [6, 6.07) is 8.39. The number of aromatic nitrogens is 2. The minimum atomic E-state index is -0.178. The molecule has 2 unspecified atom stereocenters. The summed E-state index contributed by atoms with van der Waals surface area (Å²) in [4.78, 5) is 15.0. The summed E-state index contributed by atoms with van der Waals surface area (Å²) in [6.45, 7) is 4.54. The molecule has 0 spiro atoms. The summed E-state index contributed by atoms with van der Waals surface area (Å²) in [5, 5.41) is 13.6. The lowest BCUT2D eigenvalue weighted by molar-refractivity contribution is 0.0854. The standard InChI is InChI=1S/C20H26N4O2/c1-14-7-4-5-11-24(14)19-17-10-3-2-9-16(17)18(22-23-19)20(25)21-13-15-8-6-12-26-15/h2-3,9-10,14-15H,4-8,11-13H2,1H3,(H,21,25). The molecule has 2 aliphatic heterocycles. The van der Waals surface area contributed by atoms with E-state index in [2.05, 4.69) is 27.3 Å². The van der Waals surface area contributed by atoms with E-state index in [1.54, 1.807) is 0 Å². The number of carbonyl (C=O) groups is 1. The molecule has 2 atom stereocenters. The lowest BCUT2D eigenvalue weighted by Crippen LogP contribution is -2.38. The zero-order valence-electron chi connectivity index (χ0n) is 15.3. The van der Waals surface area contributed by atoms with Crippen LogP contribution in [-0.4, -0.2) is 47.9 Å². The molecule has 26 heavy (non-hydrogen) atoms. The number of nitrogens with zero attached hydrogens (tertiary/aromatic N) is 3. The van der Waals surface area contributed by atoms with E-state index < -0.39 is 0 Å². The van der Waals surface area contributed by atoms with E-state index >= 15 is 0 Å². The molecular weight excluding hydrogens is 328 g/mol. The average Bonchev–Trinajstić information content (AvgIpc) is 3.19. The van der Waals surface area contributed by atoms with Gasteiger partial charge in [-0.1, -0.05) is 24.3 Å². The molecule has 1 amide bonds. The van der Waals surface area contributed by atoms with Crippen LogP contribution in [0.3, 0.4) is 0 Å². The van der Waals surface area contributed by atoms with E-state index in [1.165, 1.54) is 19.3 Å². The zero-order chi connectivity index (χ0) is 17.9. The molecule has 1 aromatic carbocycles. The molecule has 0 saturated carbocycles. The number of nitrogens with one attached hydrogen (secondary N) is 1. The molecule has 0 radical (unpaired) electrons. The number of amides is 1. The van der Waals surface area contributed by atoms with Crippen molar-refractivity contribution in [3.05, 3.63) is 30.0 Å². The van der Waals surface area contributed by atoms with Crippen LogP contribution >= 0.6 is 0 Å². The summed E-state index contributed by atoms with van der Waals surface area (Å²) in [5.41, 5.74) is 0.395. The van der Waals surface area contributed by atoms with Gasteiger partial charge in [-0.3, -0.25) is 4.79 Å². The van der Waals surface area contributed by atoms with E-state index in [-0.39, 0.29) is 12.0 Å². The first-order valence-electron chi connectivity index (χ1n) is 9.66. The Hall–Kier alpha value is -2.21. The summed E-state index contributed by atoms with van der Waals surface area (Å²) < 4.78 is 5.58. The maximum Gasteiger partial charge on any atom is 0.272 e. The number of fused-ring (bicyclic) bond motifs is 1. The van der Waals surface area contributed by atoms with Gasteiger partial charge in [0.05, 0.1) is 6.10 Å². The minimum Gasteiger partial charge on any atom is -0.376 e. The third-order valence-corrected chi connectivity index (χ3v) is 5.47. The van der Waals surface area contributed by atoms with Crippen LogP contribution in [0.4, 0.5) is 5.82 Å². The molecule has 6 nitrogen and oxygen atoms in total. The second-order valence-electron chi connectivity index (χ2n) is 7.30.